The quantitative estimate of drug-likeness (QED) is 0.237. The maximum Gasteiger partial charge on any atom is 0.433 e. The predicted octanol–water partition coefficient (Wildman–Crippen LogP) is 4.12. The van der Waals surface area contributed by atoms with Crippen LogP contribution >= 0.6 is 0 Å². The first-order valence-electron chi connectivity index (χ1n) is 17.1. The second-order valence-corrected chi connectivity index (χ2v) is 13.5. The lowest BCUT2D eigenvalue weighted by molar-refractivity contribution is -0.141. The number of carbonyl (C=O) groups excluding carboxylic acids is 3. The van der Waals surface area contributed by atoms with Crippen molar-refractivity contribution in [3.8, 4) is 0 Å². The summed E-state index contributed by atoms with van der Waals surface area (Å²) in [6, 6.07) is 9.84. The number of carbonyl (C=O) groups is 3. The second-order valence-electron chi connectivity index (χ2n) is 13.5. The topological polar surface area (TPSA) is 158 Å². The van der Waals surface area contributed by atoms with E-state index < -0.39 is 29.7 Å². The Bertz CT molecular complexity index is 2280. The number of fused-ring (bicyclic) bond motifs is 2. The van der Waals surface area contributed by atoms with Crippen molar-refractivity contribution in [3.05, 3.63) is 76.7 Å². The fourth-order valence-electron chi connectivity index (χ4n) is 7.44. The minimum absolute atomic E-state index is 0.0317. The zero-order valence-corrected chi connectivity index (χ0v) is 28.0. The van der Waals surface area contributed by atoms with Gasteiger partial charge in [-0.25, -0.2) is 14.8 Å². The van der Waals surface area contributed by atoms with Crippen molar-refractivity contribution in [2.45, 2.75) is 69.0 Å². The van der Waals surface area contributed by atoms with Crippen LogP contribution < -0.4 is 21.2 Å². The highest BCUT2D eigenvalue weighted by atomic mass is 19.4. The summed E-state index contributed by atoms with van der Waals surface area (Å²) >= 11 is 0. The first-order valence-corrected chi connectivity index (χ1v) is 17.1. The zero-order chi connectivity index (χ0) is 36.3. The van der Waals surface area contributed by atoms with Gasteiger partial charge in [-0.05, 0) is 62.4 Å². The number of hydrogen-bond acceptors (Lipinski definition) is 9. The molecule has 6 heterocycles. The van der Waals surface area contributed by atoms with Gasteiger partial charge in [0.25, 0.3) is 5.91 Å². The minimum atomic E-state index is -4.66. The van der Waals surface area contributed by atoms with E-state index in [0.717, 1.165) is 54.4 Å². The summed E-state index contributed by atoms with van der Waals surface area (Å²) < 4.78 is 50.5. The van der Waals surface area contributed by atoms with Gasteiger partial charge in [-0.1, -0.05) is 12.1 Å². The first-order chi connectivity index (χ1) is 24.9. The van der Waals surface area contributed by atoms with Gasteiger partial charge >= 0.3 is 11.9 Å². The molecule has 1 aromatic carbocycles. The molecule has 0 radical (unpaired) electrons. The Morgan fingerprint density at radius 3 is 2.52 bits per heavy atom. The normalized spacial score (nSPS) is 21.4. The fraction of sp³-hybridized carbons (Fsp3) is 0.400. The number of pyridine rings is 2. The third kappa shape index (κ3) is 6.18. The number of benzene rings is 1. The van der Waals surface area contributed by atoms with Crippen molar-refractivity contribution < 1.29 is 32.3 Å². The number of amides is 3. The standard InChI is InChI=1S/C35H34F3N9O5/c1-44-31-25(5-3-6-26(31)47(34(44)51)27-12-13-30(48)42-33(27)50)45-17-22(18-45)52-21-10-8-20(9-11-21)46-16-19-14-29(39-15-24(19)43-46)41-32(49)23-4-2-7-28(40-23)35(36,37)38/h2-7,14-16,20-22,27H,8-13,17-18H2,1H3,(H,41,49)(H,42,48,50). The lowest BCUT2D eigenvalue weighted by Crippen LogP contribution is -2.54. The molecule has 5 aromatic rings. The minimum Gasteiger partial charge on any atom is -0.371 e. The number of hydrogen-bond donors (Lipinski definition) is 2. The Morgan fingerprint density at radius 2 is 1.77 bits per heavy atom. The number of nitrogens with one attached hydrogen (secondary N) is 2. The third-order valence-corrected chi connectivity index (χ3v) is 10.1. The summed E-state index contributed by atoms with van der Waals surface area (Å²) in [6.07, 6.45) is 2.70. The largest absolute Gasteiger partial charge is 0.433 e. The number of anilines is 2. The number of halogens is 3. The Labute approximate surface area is 293 Å². The number of nitrogens with zero attached hydrogens (tertiary/aromatic N) is 7. The Hall–Kier alpha value is -5.58. The van der Waals surface area contributed by atoms with Crippen molar-refractivity contribution in [3.63, 3.8) is 0 Å². The van der Waals surface area contributed by atoms with E-state index in [4.69, 9.17) is 4.74 Å². The summed E-state index contributed by atoms with van der Waals surface area (Å²) in [5.41, 5.74) is 1.08. The highest BCUT2D eigenvalue weighted by Gasteiger charge is 2.36. The molecule has 2 saturated heterocycles. The molecular weight excluding hydrogens is 683 g/mol. The van der Waals surface area contributed by atoms with Crippen LogP contribution in [0.5, 0.6) is 0 Å². The van der Waals surface area contributed by atoms with E-state index in [-0.39, 0.29) is 54.2 Å². The maximum absolute atomic E-state index is 13.3. The number of aromatic nitrogens is 6. The van der Waals surface area contributed by atoms with Crippen molar-refractivity contribution in [2.24, 2.45) is 7.05 Å². The van der Waals surface area contributed by atoms with Gasteiger partial charge in [-0.3, -0.25) is 33.5 Å². The SMILES string of the molecule is Cn1c(=O)n(C2CCC(=O)NC2=O)c2cccc(N3CC(OC4CCC(n5cc6cc(NC(=O)c7cccc(C(F)(F)F)n7)ncc6n5)CC4)C3)c21. The summed E-state index contributed by atoms with van der Waals surface area (Å²) in [5, 5.41) is 10.3. The van der Waals surface area contributed by atoms with Gasteiger partial charge in [0.05, 0.1) is 41.2 Å². The number of aryl methyl sites for hydroxylation is 1. The molecule has 3 fully saturated rings. The van der Waals surface area contributed by atoms with Crippen LogP contribution in [0.25, 0.3) is 21.9 Å². The molecule has 3 aliphatic rings. The molecule has 14 nitrogen and oxygen atoms in total. The van der Waals surface area contributed by atoms with Crippen molar-refractivity contribution in [2.75, 3.05) is 23.3 Å². The van der Waals surface area contributed by atoms with Crippen LogP contribution in [-0.2, 0) is 27.5 Å². The molecular formula is C35H34F3N9O5. The number of ether oxygens (including phenoxy) is 1. The molecule has 1 unspecified atom stereocenters. The van der Waals surface area contributed by atoms with Gasteiger partial charge in [0.15, 0.2) is 0 Å². The lowest BCUT2D eigenvalue weighted by Gasteiger charge is -2.43. The van der Waals surface area contributed by atoms with E-state index in [9.17, 15) is 32.3 Å². The molecule has 1 atom stereocenters. The summed E-state index contributed by atoms with van der Waals surface area (Å²) in [4.78, 5) is 60.0. The van der Waals surface area contributed by atoms with E-state index in [1.807, 2.05) is 29.1 Å². The summed E-state index contributed by atoms with van der Waals surface area (Å²) in [7, 11) is 1.70. The maximum atomic E-state index is 13.3. The van der Waals surface area contributed by atoms with Crippen LogP contribution in [0.4, 0.5) is 24.7 Å². The average Bonchev–Trinajstić information content (AvgIpc) is 3.64. The smallest absolute Gasteiger partial charge is 0.371 e. The van der Waals surface area contributed by atoms with E-state index in [1.54, 1.807) is 17.7 Å². The number of imide groups is 1. The molecule has 270 valence electrons. The monoisotopic (exact) mass is 717 g/mol. The Balaban J connectivity index is 0.866. The van der Waals surface area contributed by atoms with E-state index >= 15 is 0 Å². The first kappa shape index (κ1) is 33.6. The van der Waals surface area contributed by atoms with Crippen molar-refractivity contribution >= 4 is 51.2 Å². The average molecular weight is 718 g/mol. The van der Waals surface area contributed by atoms with Gasteiger partial charge < -0.3 is 15.0 Å². The van der Waals surface area contributed by atoms with Crippen molar-refractivity contribution in [1.82, 2.24) is 34.2 Å². The Kier molecular flexibility index (Phi) is 8.31. The van der Waals surface area contributed by atoms with Gasteiger partial charge in [-0.2, -0.15) is 18.3 Å². The molecule has 1 aliphatic carbocycles. The van der Waals surface area contributed by atoms with E-state index in [1.165, 1.54) is 16.8 Å². The molecule has 2 N–H and O–H groups in total. The Morgan fingerprint density at radius 1 is 1.00 bits per heavy atom. The molecule has 3 amide bonds. The molecule has 0 spiro atoms. The highest BCUT2D eigenvalue weighted by molar-refractivity contribution is 6.03. The molecule has 4 aromatic heterocycles. The van der Waals surface area contributed by atoms with Gasteiger partial charge in [0.1, 0.15) is 28.8 Å². The van der Waals surface area contributed by atoms with Crippen LogP contribution in [0.3, 0.4) is 0 Å². The number of para-hydroxylation sites is 1. The van der Waals surface area contributed by atoms with Gasteiger partial charge in [0.2, 0.25) is 11.8 Å². The van der Waals surface area contributed by atoms with E-state index in [0.29, 0.717) is 24.1 Å². The predicted molar refractivity (Wildman–Crippen MR) is 182 cm³/mol. The zero-order valence-electron chi connectivity index (χ0n) is 28.0. The fourth-order valence-corrected chi connectivity index (χ4v) is 7.44. The summed E-state index contributed by atoms with van der Waals surface area (Å²) in [6.45, 7) is 1.33. The second kappa shape index (κ2) is 12.9. The molecule has 52 heavy (non-hydrogen) atoms. The van der Waals surface area contributed by atoms with Crippen LogP contribution in [-0.4, -0.2) is 71.9 Å². The number of imidazole rings is 1. The number of rotatable bonds is 7. The van der Waals surface area contributed by atoms with Crippen LogP contribution in [0.2, 0.25) is 0 Å². The van der Waals surface area contributed by atoms with Crippen LogP contribution in [0.1, 0.15) is 66.8 Å². The molecule has 2 aliphatic heterocycles. The highest BCUT2D eigenvalue weighted by Crippen LogP contribution is 2.36. The number of alkyl halides is 3. The van der Waals surface area contributed by atoms with Gasteiger partial charge in [-0.15, -0.1) is 0 Å². The van der Waals surface area contributed by atoms with Crippen LogP contribution in [0.15, 0.2) is 59.7 Å². The molecule has 8 rings (SSSR count). The summed E-state index contributed by atoms with van der Waals surface area (Å²) in [5.74, 6) is -1.42. The lowest BCUT2D eigenvalue weighted by atomic mass is 9.92. The van der Waals surface area contributed by atoms with E-state index in [2.05, 4.69) is 30.6 Å². The van der Waals surface area contributed by atoms with Gasteiger partial charge in [0, 0.05) is 38.1 Å². The molecule has 1 saturated carbocycles. The molecule has 17 heteroatoms. The third-order valence-electron chi connectivity index (χ3n) is 10.1. The number of piperidine rings is 1. The molecule has 0 bridgehead atoms. The van der Waals surface area contributed by atoms with Crippen LogP contribution in [0, 0.1) is 0 Å². The van der Waals surface area contributed by atoms with Crippen molar-refractivity contribution in [1.29, 1.82) is 0 Å².